The van der Waals surface area contributed by atoms with Crippen LogP contribution in [0, 0.1) is 27.9 Å². The molecule has 15 nitrogen and oxygen atoms in total. The van der Waals surface area contributed by atoms with E-state index >= 15 is 0 Å². The predicted molar refractivity (Wildman–Crippen MR) is 249 cm³/mol. The Morgan fingerprint density at radius 3 is 2.45 bits per heavy atom. The Hall–Kier alpha value is -5.32. The van der Waals surface area contributed by atoms with E-state index in [9.17, 15) is 25.1 Å². The highest BCUT2D eigenvalue weighted by Gasteiger charge is 2.65. The maximum Gasteiger partial charge on any atom is 0.410 e. The van der Waals surface area contributed by atoms with Crippen LogP contribution in [0.15, 0.2) is 102 Å². The standard InChI is InChI=1S/C51H66N4O11/c1-3-22-54(50(58)63-31-30-61-35-37-12-6-5-7-13-37)47-34-45(52-65-36-38-16-18-40(19-17-38)55(59)60)43-32-39(14-8-10-26-56)42(15-9-11-27-57)48-44-33-41(62-29-25-53-23-24-53)20-21-46(44)66-51(47,49(43)48)64-28-4-2/h4-7,12-13,16-21,32-33,39,42,47-49,56-57H,2-3,8-11,14-15,22-31,34-36H2,1H3/t39-,42+,47-,48+,49+,51+/m0/s1. The number of unbranched alkanes of at least 4 members (excludes halogenated alkanes) is 2. The molecule has 0 spiro atoms. The fourth-order valence-corrected chi connectivity index (χ4v) is 9.87. The molecule has 1 amide bonds. The van der Waals surface area contributed by atoms with Gasteiger partial charge in [-0.05, 0) is 91.0 Å². The number of allylic oxidation sites excluding steroid dienone is 1. The SMILES string of the molecule is C=CCO[C@@]12Oc3ccc(OCCN4CC4)cc3[C@H]3[C@H](CCCCO)[C@@H](CCCCO)C=C(C(=NOCc4ccc([N+](=O)[O-])cc4)C[C@@H]1N(CCC)C(=O)OCCOCc1ccccc1)[C@H]32. The zero-order valence-corrected chi connectivity index (χ0v) is 38.2. The summed E-state index contributed by atoms with van der Waals surface area (Å²) in [6.45, 7) is 10.9. The molecule has 7 rings (SSSR count). The molecule has 0 unspecified atom stereocenters. The van der Waals surface area contributed by atoms with Crippen LogP contribution in [0.25, 0.3) is 0 Å². The third kappa shape index (κ3) is 12.0. The predicted octanol–water partition coefficient (Wildman–Crippen LogP) is 8.19. The first kappa shape index (κ1) is 48.6. The first-order valence-corrected chi connectivity index (χ1v) is 23.6. The molecular weight excluding hydrogens is 845 g/mol. The minimum atomic E-state index is -1.44. The number of carbonyl (C=O) groups is 1. The number of aliphatic hydroxyl groups is 2. The second-order valence-electron chi connectivity index (χ2n) is 17.5. The molecule has 2 aliphatic heterocycles. The molecule has 15 heteroatoms. The van der Waals surface area contributed by atoms with E-state index in [-0.39, 0.29) is 69.5 Å². The van der Waals surface area contributed by atoms with Gasteiger partial charge in [0, 0.05) is 69.4 Å². The number of benzene rings is 3. The van der Waals surface area contributed by atoms with Crippen LogP contribution in [0.5, 0.6) is 11.5 Å². The molecule has 3 aromatic carbocycles. The van der Waals surface area contributed by atoms with Gasteiger partial charge >= 0.3 is 6.09 Å². The van der Waals surface area contributed by atoms with E-state index in [2.05, 4.69) is 23.6 Å². The number of ether oxygens (including phenoxy) is 5. The van der Waals surface area contributed by atoms with Crippen LogP contribution in [0.4, 0.5) is 10.5 Å². The second kappa shape index (κ2) is 23.9. The number of hydrogen-bond acceptors (Lipinski definition) is 13. The molecule has 2 aliphatic carbocycles. The minimum Gasteiger partial charge on any atom is -0.492 e. The Kier molecular flexibility index (Phi) is 17.6. The van der Waals surface area contributed by atoms with E-state index in [1.165, 1.54) is 12.1 Å². The van der Waals surface area contributed by atoms with Gasteiger partial charge in [0.2, 0.25) is 5.79 Å². The molecular formula is C51H66N4O11. The number of fused-ring (bicyclic) bond motifs is 2. The van der Waals surface area contributed by atoms with Gasteiger partial charge < -0.3 is 38.7 Å². The summed E-state index contributed by atoms with van der Waals surface area (Å²) in [6, 6.07) is 21.2. The van der Waals surface area contributed by atoms with E-state index in [0.717, 1.165) is 67.8 Å². The smallest absolute Gasteiger partial charge is 0.410 e. The maximum absolute atomic E-state index is 14.6. The molecule has 2 fully saturated rings. The van der Waals surface area contributed by atoms with Crippen molar-refractivity contribution in [2.24, 2.45) is 22.9 Å². The van der Waals surface area contributed by atoms with Gasteiger partial charge in [-0.15, -0.1) is 6.58 Å². The first-order chi connectivity index (χ1) is 32.3. The largest absolute Gasteiger partial charge is 0.492 e. The van der Waals surface area contributed by atoms with Crippen molar-refractivity contribution in [1.29, 1.82) is 0 Å². The van der Waals surface area contributed by atoms with Crippen LogP contribution in [-0.2, 0) is 32.3 Å². The Morgan fingerprint density at radius 1 is 0.985 bits per heavy atom. The molecule has 2 heterocycles. The van der Waals surface area contributed by atoms with Crippen LogP contribution in [0.3, 0.4) is 0 Å². The number of nitro groups is 1. The normalized spacial score (nSPS) is 23.5. The van der Waals surface area contributed by atoms with E-state index in [1.54, 1.807) is 23.1 Å². The number of oxime groups is 1. The quantitative estimate of drug-likeness (QED) is 0.0247. The van der Waals surface area contributed by atoms with E-state index in [4.69, 9.17) is 33.7 Å². The summed E-state index contributed by atoms with van der Waals surface area (Å²) in [5, 5.41) is 36.2. The minimum absolute atomic E-state index is 0.0206. The van der Waals surface area contributed by atoms with Crippen LogP contribution < -0.4 is 9.47 Å². The summed E-state index contributed by atoms with van der Waals surface area (Å²) in [5.41, 5.74) is 4.20. The highest BCUT2D eigenvalue weighted by Crippen LogP contribution is 2.62. The number of nitrogens with zero attached hydrogens (tertiary/aromatic N) is 4. The fourth-order valence-electron chi connectivity index (χ4n) is 9.87. The van der Waals surface area contributed by atoms with Gasteiger partial charge in [-0.3, -0.25) is 19.9 Å². The van der Waals surface area contributed by atoms with Crippen molar-refractivity contribution in [1.82, 2.24) is 9.80 Å². The molecule has 356 valence electrons. The van der Waals surface area contributed by atoms with E-state index in [0.29, 0.717) is 56.0 Å². The van der Waals surface area contributed by atoms with Gasteiger partial charge in [-0.25, -0.2) is 4.79 Å². The number of non-ortho nitro benzene ring substituents is 1. The summed E-state index contributed by atoms with van der Waals surface area (Å²) in [6.07, 6.45) is 8.75. The average molecular weight is 911 g/mol. The van der Waals surface area contributed by atoms with Crippen molar-refractivity contribution in [2.45, 2.75) is 89.3 Å². The molecule has 2 N–H and O–H groups in total. The van der Waals surface area contributed by atoms with Gasteiger partial charge in [-0.1, -0.05) is 67.4 Å². The van der Waals surface area contributed by atoms with Crippen molar-refractivity contribution in [2.75, 3.05) is 65.8 Å². The summed E-state index contributed by atoms with van der Waals surface area (Å²) in [5.74, 6) is -0.709. The fraction of sp³-hybridized carbons (Fsp3) is 0.529. The molecule has 3 aromatic rings. The molecule has 0 radical (unpaired) electrons. The summed E-state index contributed by atoms with van der Waals surface area (Å²) >= 11 is 0. The van der Waals surface area contributed by atoms with Crippen molar-refractivity contribution in [3.05, 3.63) is 124 Å². The molecule has 0 aromatic heterocycles. The second-order valence-corrected chi connectivity index (χ2v) is 17.5. The zero-order chi connectivity index (χ0) is 46.3. The van der Waals surface area contributed by atoms with Crippen molar-refractivity contribution in [3.63, 3.8) is 0 Å². The molecule has 4 aliphatic rings. The van der Waals surface area contributed by atoms with Gasteiger partial charge in [0.25, 0.3) is 5.69 Å². The van der Waals surface area contributed by atoms with Gasteiger partial charge in [0.15, 0.2) is 0 Å². The number of amides is 1. The third-order valence-corrected chi connectivity index (χ3v) is 13.1. The molecule has 66 heavy (non-hydrogen) atoms. The van der Waals surface area contributed by atoms with E-state index in [1.807, 2.05) is 49.4 Å². The third-order valence-electron chi connectivity index (χ3n) is 13.1. The lowest BCUT2D eigenvalue weighted by atomic mass is 9.55. The van der Waals surface area contributed by atoms with Crippen LogP contribution >= 0.6 is 0 Å². The zero-order valence-electron chi connectivity index (χ0n) is 38.2. The van der Waals surface area contributed by atoms with Crippen LogP contribution in [0.1, 0.15) is 80.9 Å². The Labute approximate surface area is 388 Å². The monoisotopic (exact) mass is 910 g/mol. The Balaban J connectivity index is 1.32. The number of nitro benzene ring substituents is 1. The summed E-state index contributed by atoms with van der Waals surface area (Å²) in [7, 11) is 0. The number of carbonyl (C=O) groups excluding carboxylic acids is 1. The molecule has 1 saturated heterocycles. The lowest BCUT2D eigenvalue weighted by Crippen LogP contribution is -2.70. The lowest BCUT2D eigenvalue weighted by molar-refractivity contribution is -0.384. The van der Waals surface area contributed by atoms with E-state index < -0.39 is 28.8 Å². The Bertz CT molecular complexity index is 2110. The Morgan fingerprint density at radius 2 is 1.74 bits per heavy atom. The maximum atomic E-state index is 14.6. The number of rotatable bonds is 27. The summed E-state index contributed by atoms with van der Waals surface area (Å²) in [4.78, 5) is 35.7. The number of aliphatic hydroxyl groups excluding tert-OH is 2. The molecule has 0 bridgehead atoms. The highest BCUT2D eigenvalue weighted by atomic mass is 16.7. The topological polar surface area (TPSA) is 175 Å². The van der Waals surface area contributed by atoms with Crippen molar-refractivity contribution in [3.8, 4) is 11.5 Å². The number of hydrogen-bond donors (Lipinski definition) is 2. The van der Waals surface area contributed by atoms with Gasteiger partial charge in [0.1, 0.15) is 37.4 Å². The summed E-state index contributed by atoms with van der Waals surface area (Å²) < 4.78 is 32.7. The molecule has 1 saturated carbocycles. The first-order valence-electron chi connectivity index (χ1n) is 23.6. The average Bonchev–Trinajstić information content (AvgIpc) is 4.16. The lowest BCUT2D eigenvalue weighted by Gasteiger charge is -2.59. The molecule has 6 atom stereocenters. The van der Waals surface area contributed by atoms with Gasteiger partial charge in [0.05, 0.1) is 36.4 Å². The van der Waals surface area contributed by atoms with Crippen molar-refractivity contribution < 1.29 is 48.5 Å². The van der Waals surface area contributed by atoms with Crippen LogP contribution in [-0.4, -0.2) is 114 Å². The van der Waals surface area contributed by atoms with Gasteiger partial charge in [-0.2, -0.15) is 0 Å². The van der Waals surface area contributed by atoms with Crippen molar-refractivity contribution >= 4 is 17.5 Å². The highest BCUT2D eigenvalue weighted by molar-refractivity contribution is 6.03. The van der Waals surface area contributed by atoms with Crippen LogP contribution in [0.2, 0.25) is 0 Å².